The van der Waals surface area contributed by atoms with E-state index in [1.807, 2.05) is 6.07 Å². The maximum absolute atomic E-state index is 10.9. The number of hydrogen-bond acceptors (Lipinski definition) is 2. The van der Waals surface area contributed by atoms with Crippen molar-refractivity contribution < 1.29 is 9.90 Å². The molecular weight excluding hydrogens is 238 g/mol. The van der Waals surface area contributed by atoms with Crippen LogP contribution in [-0.4, -0.2) is 11.1 Å². The van der Waals surface area contributed by atoms with E-state index in [1.165, 1.54) is 16.7 Å². The molecule has 0 aliphatic carbocycles. The van der Waals surface area contributed by atoms with E-state index in [1.54, 1.807) is 18.2 Å². The second kappa shape index (κ2) is 5.57. The molecule has 0 saturated heterocycles. The molecule has 0 spiro atoms. The maximum atomic E-state index is 10.9. The molecule has 0 amide bonds. The lowest BCUT2D eigenvalue weighted by atomic mass is 10.1. The van der Waals surface area contributed by atoms with Crippen LogP contribution in [0, 0.1) is 13.8 Å². The minimum Gasteiger partial charge on any atom is -0.478 e. The van der Waals surface area contributed by atoms with Gasteiger partial charge in [0.1, 0.15) is 0 Å². The average Bonchev–Trinajstić information content (AvgIpc) is 2.40. The summed E-state index contributed by atoms with van der Waals surface area (Å²) in [5.74, 6) is -0.907. The molecule has 0 fully saturated rings. The molecule has 0 unspecified atom stereocenters. The van der Waals surface area contributed by atoms with Crippen molar-refractivity contribution in [3.05, 3.63) is 64.7 Å². The molecule has 2 aromatic rings. The third kappa shape index (κ3) is 3.35. The minimum absolute atomic E-state index is 0.297. The molecule has 0 radical (unpaired) electrons. The topological polar surface area (TPSA) is 49.3 Å². The Morgan fingerprint density at radius 3 is 2.68 bits per heavy atom. The standard InChI is InChI=1S/C16H17NO2/c1-11-6-7-12(2)14(8-11)10-17-15-5-3-4-13(9-15)16(18)19/h3-9,17H,10H2,1-2H3,(H,18,19). The number of aryl methyl sites for hydroxylation is 2. The maximum Gasteiger partial charge on any atom is 0.335 e. The van der Waals surface area contributed by atoms with Crippen LogP contribution in [0.15, 0.2) is 42.5 Å². The van der Waals surface area contributed by atoms with Crippen LogP contribution in [0.1, 0.15) is 27.0 Å². The fourth-order valence-corrected chi connectivity index (χ4v) is 1.95. The molecule has 19 heavy (non-hydrogen) atoms. The molecular formula is C16H17NO2. The second-order valence-corrected chi connectivity index (χ2v) is 4.67. The molecule has 0 aliphatic heterocycles. The van der Waals surface area contributed by atoms with Crippen LogP contribution in [0.3, 0.4) is 0 Å². The van der Waals surface area contributed by atoms with Crippen molar-refractivity contribution in [2.75, 3.05) is 5.32 Å². The molecule has 0 atom stereocenters. The summed E-state index contributed by atoms with van der Waals surface area (Å²) in [6.45, 7) is 4.83. The van der Waals surface area contributed by atoms with E-state index in [-0.39, 0.29) is 0 Å². The van der Waals surface area contributed by atoms with E-state index < -0.39 is 5.97 Å². The van der Waals surface area contributed by atoms with Gasteiger partial charge in [-0.05, 0) is 43.2 Å². The Kier molecular flexibility index (Phi) is 3.85. The third-order valence-corrected chi connectivity index (χ3v) is 3.10. The van der Waals surface area contributed by atoms with Crippen molar-refractivity contribution in [1.29, 1.82) is 0 Å². The summed E-state index contributed by atoms with van der Waals surface area (Å²) in [5, 5.41) is 12.2. The summed E-state index contributed by atoms with van der Waals surface area (Å²) in [6.07, 6.45) is 0. The normalized spacial score (nSPS) is 10.2. The number of carboxylic acids is 1. The lowest BCUT2D eigenvalue weighted by molar-refractivity contribution is 0.0697. The lowest BCUT2D eigenvalue weighted by Crippen LogP contribution is -2.03. The zero-order valence-electron chi connectivity index (χ0n) is 11.1. The summed E-state index contributed by atoms with van der Waals surface area (Å²) in [6, 6.07) is 13.2. The second-order valence-electron chi connectivity index (χ2n) is 4.67. The number of rotatable bonds is 4. The van der Waals surface area contributed by atoms with Crippen LogP contribution in [0.2, 0.25) is 0 Å². The van der Waals surface area contributed by atoms with Crippen LogP contribution in [0.25, 0.3) is 0 Å². The van der Waals surface area contributed by atoms with Crippen LogP contribution < -0.4 is 5.32 Å². The third-order valence-electron chi connectivity index (χ3n) is 3.10. The predicted molar refractivity (Wildman–Crippen MR) is 76.6 cm³/mol. The van der Waals surface area contributed by atoms with Crippen molar-refractivity contribution in [1.82, 2.24) is 0 Å². The molecule has 0 bridgehead atoms. The van der Waals surface area contributed by atoms with Gasteiger partial charge in [-0.25, -0.2) is 4.79 Å². The average molecular weight is 255 g/mol. The first-order chi connectivity index (χ1) is 9.06. The van der Waals surface area contributed by atoms with Crippen molar-refractivity contribution in [2.45, 2.75) is 20.4 Å². The first-order valence-electron chi connectivity index (χ1n) is 6.19. The number of nitrogens with one attached hydrogen (secondary N) is 1. The Balaban J connectivity index is 2.12. The van der Waals surface area contributed by atoms with Gasteiger partial charge >= 0.3 is 5.97 Å². The van der Waals surface area contributed by atoms with Crippen LogP contribution in [0.4, 0.5) is 5.69 Å². The van der Waals surface area contributed by atoms with Gasteiger partial charge in [0.2, 0.25) is 0 Å². The van der Waals surface area contributed by atoms with Crippen LogP contribution in [-0.2, 0) is 6.54 Å². The Morgan fingerprint density at radius 2 is 1.95 bits per heavy atom. The van der Waals surface area contributed by atoms with Gasteiger partial charge in [0.25, 0.3) is 0 Å². The summed E-state index contributed by atoms with van der Waals surface area (Å²) in [4.78, 5) is 10.9. The van der Waals surface area contributed by atoms with E-state index in [0.29, 0.717) is 12.1 Å². The zero-order chi connectivity index (χ0) is 13.8. The number of benzene rings is 2. The van der Waals surface area contributed by atoms with Gasteiger partial charge in [-0.1, -0.05) is 29.8 Å². The highest BCUT2D eigenvalue weighted by atomic mass is 16.4. The van der Waals surface area contributed by atoms with E-state index in [9.17, 15) is 4.79 Å². The number of carboxylic acid groups (broad SMARTS) is 1. The van der Waals surface area contributed by atoms with E-state index in [0.717, 1.165) is 5.69 Å². The molecule has 2 aromatic carbocycles. The van der Waals surface area contributed by atoms with Crippen molar-refractivity contribution in [3.8, 4) is 0 Å². The molecule has 2 rings (SSSR count). The van der Waals surface area contributed by atoms with E-state index in [4.69, 9.17) is 5.11 Å². The van der Waals surface area contributed by atoms with Gasteiger partial charge in [-0.2, -0.15) is 0 Å². The first-order valence-corrected chi connectivity index (χ1v) is 6.19. The van der Waals surface area contributed by atoms with E-state index >= 15 is 0 Å². The lowest BCUT2D eigenvalue weighted by Gasteiger charge is -2.10. The quantitative estimate of drug-likeness (QED) is 0.877. The van der Waals surface area contributed by atoms with E-state index in [2.05, 4.69) is 37.4 Å². The highest BCUT2D eigenvalue weighted by molar-refractivity contribution is 5.88. The molecule has 0 heterocycles. The van der Waals surface area contributed by atoms with Crippen LogP contribution in [0.5, 0.6) is 0 Å². The van der Waals surface area contributed by atoms with Gasteiger partial charge in [-0.15, -0.1) is 0 Å². The molecule has 0 aromatic heterocycles. The molecule has 2 N–H and O–H groups in total. The Bertz CT molecular complexity index is 605. The SMILES string of the molecule is Cc1ccc(C)c(CNc2cccc(C(=O)O)c2)c1. The Hall–Kier alpha value is -2.29. The van der Waals surface area contributed by atoms with Gasteiger partial charge in [0, 0.05) is 12.2 Å². The molecule has 3 nitrogen and oxygen atoms in total. The minimum atomic E-state index is -0.907. The fraction of sp³-hybridized carbons (Fsp3) is 0.188. The van der Waals surface area contributed by atoms with Crippen LogP contribution >= 0.6 is 0 Å². The first kappa shape index (κ1) is 13.1. The van der Waals surface area contributed by atoms with Gasteiger partial charge in [0.15, 0.2) is 0 Å². The van der Waals surface area contributed by atoms with Gasteiger partial charge in [-0.3, -0.25) is 0 Å². The number of hydrogen-bond donors (Lipinski definition) is 2. The summed E-state index contributed by atoms with van der Waals surface area (Å²) in [7, 11) is 0. The molecule has 98 valence electrons. The summed E-state index contributed by atoms with van der Waals surface area (Å²) >= 11 is 0. The highest BCUT2D eigenvalue weighted by Crippen LogP contribution is 2.15. The summed E-state index contributed by atoms with van der Waals surface area (Å²) < 4.78 is 0. The largest absolute Gasteiger partial charge is 0.478 e. The predicted octanol–water partition coefficient (Wildman–Crippen LogP) is 3.61. The summed E-state index contributed by atoms with van der Waals surface area (Å²) in [5.41, 5.74) is 4.79. The Morgan fingerprint density at radius 1 is 1.16 bits per heavy atom. The number of carbonyl (C=O) groups is 1. The zero-order valence-corrected chi connectivity index (χ0v) is 11.1. The highest BCUT2D eigenvalue weighted by Gasteiger charge is 2.03. The molecule has 3 heteroatoms. The molecule has 0 aliphatic rings. The van der Waals surface area contributed by atoms with Gasteiger partial charge in [0.05, 0.1) is 5.56 Å². The monoisotopic (exact) mass is 255 g/mol. The van der Waals surface area contributed by atoms with Crippen molar-refractivity contribution in [3.63, 3.8) is 0 Å². The fourth-order valence-electron chi connectivity index (χ4n) is 1.95. The Labute approximate surface area is 112 Å². The van der Waals surface area contributed by atoms with Crippen molar-refractivity contribution >= 4 is 11.7 Å². The smallest absolute Gasteiger partial charge is 0.335 e. The van der Waals surface area contributed by atoms with Crippen molar-refractivity contribution in [2.24, 2.45) is 0 Å². The number of aromatic carboxylic acids is 1. The number of anilines is 1. The van der Waals surface area contributed by atoms with Gasteiger partial charge < -0.3 is 10.4 Å². The molecule has 0 saturated carbocycles.